The van der Waals surface area contributed by atoms with E-state index in [4.69, 9.17) is 15.7 Å². The van der Waals surface area contributed by atoms with Gasteiger partial charge in [-0.3, -0.25) is 0 Å². The van der Waals surface area contributed by atoms with Crippen molar-refractivity contribution in [1.29, 1.82) is 0 Å². The molecule has 0 aromatic heterocycles. The highest BCUT2D eigenvalue weighted by molar-refractivity contribution is 5.79. The average molecular weight is 228 g/mol. The van der Waals surface area contributed by atoms with E-state index in [9.17, 15) is 0 Å². The second kappa shape index (κ2) is 8.39. The number of hydrogen-bond acceptors (Lipinski definition) is 3. The first kappa shape index (κ1) is 13.3. The summed E-state index contributed by atoms with van der Waals surface area (Å²) in [6, 6.07) is 0. The van der Waals surface area contributed by atoms with Crippen LogP contribution in [-0.4, -0.2) is 23.8 Å². The van der Waals surface area contributed by atoms with Crippen LogP contribution in [0, 0.1) is 0 Å². The Morgan fingerprint density at radius 3 is 2.50 bits per heavy atom. The maximum Gasteiger partial charge on any atom is 0.139 e. The molecule has 4 heteroatoms. The van der Waals surface area contributed by atoms with Gasteiger partial charge in [-0.1, -0.05) is 30.8 Å². The minimum Gasteiger partial charge on any atom is -0.409 e. The predicted molar refractivity (Wildman–Crippen MR) is 64.7 cm³/mol. The number of unbranched alkanes of at least 4 members (excludes halogenated alkanes) is 1. The molecule has 16 heavy (non-hydrogen) atoms. The topological polar surface area (TPSA) is 67.8 Å². The second-order valence-electron chi connectivity index (χ2n) is 4.53. The highest BCUT2D eigenvalue weighted by Gasteiger charge is 2.11. The normalized spacial score (nSPS) is 19.6. The second-order valence-corrected chi connectivity index (χ2v) is 4.53. The summed E-state index contributed by atoms with van der Waals surface area (Å²) in [4.78, 5) is 0. The van der Waals surface area contributed by atoms with E-state index in [1.165, 1.54) is 38.5 Å². The lowest BCUT2D eigenvalue weighted by Crippen LogP contribution is -2.14. The fourth-order valence-electron chi connectivity index (χ4n) is 2.12. The monoisotopic (exact) mass is 228 g/mol. The zero-order chi connectivity index (χ0) is 11.6. The van der Waals surface area contributed by atoms with Crippen LogP contribution >= 0.6 is 0 Å². The molecule has 0 heterocycles. The molecule has 1 fully saturated rings. The Balaban J connectivity index is 1.97. The maximum absolute atomic E-state index is 8.36. The van der Waals surface area contributed by atoms with Crippen molar-refractivity contribution in [3.63, 3.8) is 0 Å². The van der Waals surface area contributed by atoms with Crippen LogP contribution in [0.2, 0.25) is 0 Å². The highest BCUT2D eigenvalue weighted by atomic mass is 16.5. The van der Waals surface area contributed by atoms with Crippen LogP contribution in [0.4, 0.5) is 0 Å². The van der Waals surface area contributed by atoms with Gasteiger partial charge in [-0.15, -0.1) is 0 Å². The standard InChI is InChI=1S/C12H24N2O2/c13-12(14-15)9-5-6-10-16-11-7-3-1-2-4-8-11/h11,15H,1-10H2,(H2,13,14). The summed E-state index contributed by atoms with van der Waals surface area (Å²) in [7, 11) is 0. The summed E-state index contributed by atoms with van der Waals surface area (Å²) >= 11 is 0. The minimum atomic E-state index is 0.314. The van der Waals surface area contributed by atoms with E-state index in [0.717, 1.165) is 19.4 Å². The third-order valence-corrected chi connectivity index (χ3v) is 3.11. The van der Waals surface area contributed by atoms with Crippen LogP contribution in [0.15, 0.2) is 5.16 Å². The molecule has 0 saturated heterocycles. The molecular weight excluding hydrogens is 204 g/mol. The Hall–Kier alpha value is -0.770. The molecule has 0 bridgehead atoms. The largest absolute Gasteiger partial charge is 0.409 e. The van der Waals surface area contributed by atoms with Gasteiger partial charge in [-0.05, 0) is 25.7 Å². The van der Waals surface area contributed by atoms with Crippen molar-refractivity contribution < 1.29 is 9.94 Å². The predicted octanol–water partition coefficient (Wildman–Crippen LogP) is 2.64. The van der Waals surface area contributed by atoms with E-state index in [1.54, 1.807) is 0 Å². The van der Waals surface area contributed by atoms with Gasteiger partial charge in [0.25, 0.3) is 0 Å². The Kier molecular flexibility index (Phi) is 6.97. The van der Waals surface area contributed by atoms with Crippen LogP contribution in [0.5, 0.6) is 0 Å². The van der Waals surface area contributed by atoms with Gasteiger partial charge in [0.1, 0.15) is 5.84 Å². The van der Waals surface area contributed by atoms with Gasteiger partial charge in [0.15, 0.2) is 0 Å². The number of nitrogens with two attached hydrogens (primary N) is 1. The van der Waals surface area contributed by atoms with Crippen LogP contribution < -0.4 is 5.73 Å². The maximum atomic E-state index is 8.36. The lowest BCUT2D eigenvalue weighted by Gasteiger charge is -2.14. The molecule has 0 spiro atoms. The molecule has 0 radical (unpaired) electrons. The molecule has 0 aromatic carbocycles. The third-order valence-electron chi connectivity index (χ3n) is 3.11. The number of amidine groups is 1. The van der Waals surface area contributed by atoms with E-state index in [0.29, 0.717) is 18.4 Å². The van der Waals surface area contributed by atoms with Crippen LogP contribution in [0.25, 0.3) is 0 Å². The number of ether oxygens (including phenoxy) is 1. The van der Waals surface area contributed by atoms with Crippen molar-refractivity contribution in [2.24, 2.45) is 10.9 Å². The van der Waals surface area contributed by atoms with Crippen molar-refractivity contribution in [2.45, 2.75) is 63.9 Å². The van der Waals surface area contributed by atoms with Crippen LogP contribution in [-0.2, 0) is 4.74 Å². The molecule has 0 unspecified atom stereocenters. The first-order valence-electron chi connectivity index (χ1n) is 6.41. The lowest BCUT2D eigenvalue weighted by atomic mass is 10.1. The first-order chi connectivity index (χ1) is 7.83. The van der Waals surface area contributed by atoms with Gasteiger partial charge in [-0.2, -0.15) is 0 Å². The SMILES string of the molecule is N/C(CCCCOC1CCCCCC1)=N/O. The van der Waals surface area contributed by atoms with Gasteiger partial charge in [-0.25, -0.2) is 0 Å². The van der Waals surface area contributed by atoms with Crippen LogP contribution in [0.1, 0.15) is 57.8 Å². The summed E-state index contributed by atoms with van der Waals surface area (Å²) < 4.78 is 5.84. The zero-order valence-corrected chi connectivity index (χ0v) is 10.0. The highest BCUT2D eigenvalue weighted by Crippen LogP contribution is 2.19. The quantitative estimate of drug-likeness (QED) is 0.183. The molecule has 3 N–H and O–H groups in total. The van der Waals surface area contributed by atoms with Gasteiger partial charge in [0.2, 0.25) is 0 Å². The molecule has 4 nitrogen and oxygen atoms in total. The summed E-state index contributed by atoms with van der Waals surface area (Å²) in [6.45, 7) is 0.809. The van der Waals surface area contributed by atoms with Crippen molar-refractivity contribution in [3.8, 4) is 0 Å². The number of rotatable bonds is 6. The number of oxime groups is 1. The molecule has 0 aromatic rings. The lowest BCUT2D eigenvalue weighted by molar-refractivity contribution is 0.0412. The molecule has 1 aliphatic carbocycles. The number of nitrogens with zero attached hydrogens (tertiary/aromatic N) is 1. The van der Waals surface area contributed by atoms with E-state index in [1.807, 2.05) is 0 Å². The molecule has 1 rings (SSSR count). The third kappa shape index (κ3) is 5.95. The van der Waals surface area contributed by atoms with Crippen molar-refractivity contribution in [2.75, 3.05) is 6.61 Å². The smallest absolute Gasteiger partial charge is 0.139 e. The fourth-order valence-corrected chi connectivity index (χ4v) is 2.12. The van der Waals surface area contributed by atoms with Crippen molar-refractivity contribution in [3.05, 3.63) is 0 Å². The van der Waals surface area contributed by atoms with Crippen LogP contribution in [0.3, 0.4) is 0 Å². The van der Waals surface area contributed by atoms with E-state index >= 15 is 0 Å². The van der Waals surface area contributed by atoms with E-state index in [-0.39, 0.29) is 0 Å². The fraction of sp³-hybridized carbons (Fsp3) is 0.917. The molecule has 0 atom stereocenters. The molecule has 94 valence electrons. The summed E-state index contributed by atoms with van der Waals surface area (Å²) in [5.41, 5.74) is 5.38. The summed E-state index contributed by atoms with van der Waals surface area (Å²) in [5, 5.41) is 11.3. The van der Waals surface area contributed by atoms with Crippen molar-refractivity contribution >= 4 is 5.84 Å². The Morgan fingerprint density at radius 1 is 1.19 bits per heavy atom. The van der Waals surface area contributed by atoms with E-state index in [2.05, 4.69) is 5.16 Å². The Labute approximate surface area is 97.8 Å². The van der Waals surface area contributed by atoms with Crippen molar-refractivity contribution in [1.82, 2.24) is 0 Å². The van der Waals surface area contributed by atoms with Gasteiger partial charge in [0.05, 0.1) is 6.10 Å². The van der Waals surface area contributed by atoms with Gasteiger partial charge >= 0.3 is 0 Å². The zero-order valence-electron chi connectivity index (χ0n) is 10.0. The Bertz CT molecular complexity index is 199. The molecule has 1 saturated carbocycles. The first-order valence-corrected chi connectivity index (χ1v) is 6.41. The molecular formula is C12H24N2O2. The average Bonchev–Trinajstić information content (AvgIpc) is 2.57. The van der Waals surface area contributed by atoms with E-state index < -0.39 is 0 Å². The number of hydrogen-bond donors (Lipinski definition) is 2. The summed E-state index contributed by atoms with van der Waals surface area (Å²) in [5.74, 6) is 0.314. The molecule has 0 aliphatic heterocycles. The molecule has 0 amide bonds. The van der Waals surface area contributed by atoms with Gasteiger partial charge < -0.3 is 15.7 Å². The summed E-state index contributed by atoms with van der Waals surface area (Å²) in [6.07, 6.45) is 10.9. The Morgan fingerprint density at radius 2 is 1.88 bits per heavy atom. The minimum absolute atomic E-state index is 0.314. The van der Waals surface area contributed by atoms with Gasteiger partial charge in [0, 0.05) is 13.0 Å². The molecule has 1 aliphatic rings.